The van der Waals surface area contributed by atoms with E-state index in [1.165, 1.54) is 6.42 Å². The molecule has 1 N–H and O–H groups in total. The molecule has 1 fully saturated rings. The number of nitrogens with one attached hydrogen (secondary N) is 1. The van der Waals surface area contributed by atoms with Crippen molar-refractivity contribution in [2.24, 2.45) is 0 Å². The number of hydrogen-bond acceptors (Lipinski definition) is 2. The molecule has 1 aliphatic carbocycles. The van der Waals surface area contributed by atoms with Gasteiger partial charge in [-0.1, -0.05) is 0 Å². The molecule has 0 bridgehead atoms. The minimum atomic E-state index is 0.0633. The van der Waals surface area contributed by atoms with E-state index in [4.69, 9.17) is 0 Å². The summed E-state index contributed by atoms with van der Waals surface area (Å²) in [7, 11) is 0. The fraction of sp³-hybridized carbons (Fsp3) is 0.556. The molecule has 1 aromatic heterocycles. The fourth-order valence-electron chi connectivity index (χ4n) is 1.37. The first-order valence-electron chi connectivity index (χ1n) is 4.61. The third kappa shape index (κ3) is 2.08. The molecule has 13 heavy (non-hydrogen) atoms. The smallest absolute Gasteiger partial charge is 0.241 e. The van der Waals surface area contributed by atoms with Gasteiger partial charge >= 0.3 is 0 Å². The largest absolute Gasteiger partial charge is 0.352 e. The molecular weight excluding hydrogens is 166 g/mol. The van der Waals surface area contributed by atoms with Crippen molar-refractivity contribution in [3.63, 3.8) is 0 Å². The average molecular weight is 179 g/mol. The summed E-state index contributed by atoms with van der Waals surface area (Å²) in [5.74, 6) is 0.0633. The minimum Gasteiger partial charge on any atom is -0.352 e. The zero-order valence-corrected chi connectivity index (χ0v) is 7.44. The molecule has 2 rings (SSSR count). The predicted octanol–water partition coefficient (Wildman–Crippen LogP) is 0.552. The normalized spacial score (nSPS) is 16.6. The molecule has 1 heterocycles. The van der Waals surface area contributed by atoms with Crippen LogP contribution in [0, 0.1) is 0 Å². The fourth-order valence-corrected chi connectivity index (χ4v) is 1.37. The SMILES string of the molecule is O=C(Cn1cccn1)NC1CCC1. The lowest BCUT2D eigenvalue weighted by Gasteiger charge is -2.26. The van der Waals surface area contributed by atoms with Crippen molar-refractivity contribution in [1.82, 2.24) is 15.1 Å². The van der Waals surface area contributed by atoms with Crippen molar-refractivity contribution >= 4 is 5.91 Å². The molecule has 0 spiro atoms. The Kier molecular flexibility index (Phi) is 2.29. The van der Waals surface area contributed by atoms with E-state index in [1.54, 1.807) is 17.1 Å². The second kappa shape index (κ2) is 3.60. The number of amides is 1. The van der Waals surface area contributed by atoms with E-state index in [9.17, 15) is 4.79 Å². The highest BCUT2D eigenvalue weighted by Crippen LogP contribution is 2.17. The first-order valence-corrected chi connectivity index (χ1v) is 4.61. The number of rotatable bonds is 3. The summed E-state index contributed by atoms with van der Waals surface area (Å²) in [5.41, 5.74) is 0. The van der Waals surface area contributed by atoms with Crippen molar-refractivity contribution in [1.29, 1.82) is 0 Å². The van der Waals surface area contributed by atoms with E-state index in [1.807, 2.05) is 6.07 Å². The summed E-state index contributed by atoms with van der Waals surface area (Å²) >= 11 is 0. The number of aromatic nitrogens is 2. The van der Waals surface area contributed by atoms with E-state index >= 15 is 0 Å². The van der Waals surface area contributed by atoms with Crippen LogP contribution in [0.1, 0.15) is 19.3 Å². The zero-order valence-electron chi connectivity index (χ0n) is 7.44. The van der Waals surface area contributed by atoms with Crippen molar-refractivity contribution in [2.75, 3.05) is 0 Å². The van der Waals surface area contributed by atoms with Crippen LogP contribution in [0.3, 0.4) is 0 Å². The summed E-state index contributed by atoms with van der Waals surface area (Å²) in [4.78, 5) is 11.3. The van der Waals surface area contributed by atoms with Crippen LogP contribution in [-0.4, -0.2) is 21.7 Å². The first kappa shape index (κ1) is 8.29. The predicted molar refractivity (Wildman–Crippen MR) is 48.0 cm³/mol. The molecule has 0 atom stereocenters. The van der Waals surface area contributed by atoms with Gasteiger partial charge in [0, 0.05) is 18.4 Å². The van der Waals surface area contributed by atoms with Gasteiger partial charge in [-0.3, -0.25) is 9.48 Å². The van der Waals surface area contributed by atoms with Crippen LogP contribution in [-0.2, 0) is 11.3 Å². The quantitative estimate of drug-likeness (QED) is 0.736. The molecule has 1 aliphatic rings. The molecule has 4 nitrogen and oxygen atoms in total. The van der Waals surface area contributed by atoms with Gasteiger partial charge in [-0.05, 0) is 25.3 Å². The maximum Gasteiger partial charge on any atom is 0.241 e. The molecule has 0 saturated heterocycles. The van der Waals surface area contributed by atoms with Gasteiger partial charge in [0.1, 0.15) is 6.54 Å². The Balaban J connectivity index is 1.78. The van der Waals surface area contributed by atoms with Crippen LogP contribution in [0.4, 0.5) is 0 Å². The Labute approximate surface area is 76.9 Å². The van der Waals surface area contributed by atoms with Crippen molar-refractivity contribution in [2.45, 2.75) is 31.8 Å². The highest BCUT2D eigenvalue weighted by Gasteiger charge is 2.19. The molecule has 70 valence electrons. The zero-order chi connectivity index (χ0) is 9.10. The second-order valence-electron chi connectivity index (χ2n) is 3.40. The number of carbonyl (C=O) groups excluding carboxylic acids is 1. The van der Waals surface area contributed by atoms with E-state index in [-0.39, 0.29) is 5.91 Å². The van der Waals surface area contributed by atoms with Crippen LogP contribution in [0.5, 0.6) is 0 Å². The van der Waals surface area contributed by atoms with Crippen LogP contribution in [0.2, 0.25) is 0 Å². The Morgan fingerprint density at radius 1 is 1.62 bits per heavy atom. The number of nitrogens with zero attached hydrogens (tertiary/aromatic N) is 2. The molecule has 4 heteroatoms. The van der Waals surface area contributed by atoms with Crippen molar-refractivity contribution < 1.29 is 4.79 Å². The summed E-state index contributed by atoms with van der Waals surface area (Å²) in [6.07, 6.45) is 6.97. The monoisotopic (exact) mass is 179 g/mol. The summed E-state index contributed by atoms with van der Waals surface area (Å²) in [6.45, 7) is 0.337. The molecule has 1 amide bonds. The van der Waals surface area contributed by atoms with Crippen LogP contribution >= 0.6 is 0 Å². The Hall–Kier alpha value is -1.32. The van der Waals surface area contributed by atoms with E-state index in [0.717, 1.165) is 12.8 Å². The lowest BCUT2D eigenvalue weighted by Crippen LogP contribution is -2.41. The third-order valence-corrected chi connectivity index (χ3v) is 2.34. The molecule has 0 aliphatic heterocycles. The third-order valence-electron chi connectivity index (χ3n) is 2.34. The molecule has 0 radical (unpaired) electrons. The summed E-state index contributed by atoms with van der Waals surface area (Å²) in [5, 5.41) is 6.92. The lowest BCUT2D eigenvalue weighted by molar-refractivity contribution is -0.123. The van der Waals surface area contributed by atoms with Crippen molar-refractivity contribution in [3.8, 4) is 0 Å². The van der Waals surface area contributed by atoms with Gasteiger partial charge in [0.25, 0.3) is 0 Å². The minimum absolute atomic E-state index is 0.0633. The highest BCUT2D eigenvalue weighted by molar-refractivity contribution is 5.76. The average Bonchev–Trinajstić information content (AvgIpc) is 2.49. The van der Waals surface area contributed by atoms with E-state index < -0.39 is 0 Å². The highest BCUT2D eigenvalue weighted by atomic mass is 16.2. The van der Waals surface area contributed by atoms with Gasteiger partial charge in [0.05, 0.1) is 0 Å². The van der Waals surface area contributed by atoms with Gasteiger partial charge in [-0.15, -0.1) is 0 Å². The van der Waals surface area contributed by atoms with E-state index in [0.29, 0.717) is 12.6 Å². The van der Waals surface area contributed by atoms with E-state index in [2.05, 4.69) is 10.4 Å². The second-order valence-corrected chi connectivity index (χ2v) is 3.40. The topological polar surface area (TPSA) is 46.9 Å². The van der Waals surface area contributed by atoms with Crippen LogP contribution in [0.25, 0.3) is 0 Å². The Bertz CT molecular complexity index is 277. The first-order chi connectivity index (χ1) is 6.34. The van der Waals surface area contributed by atoms with Gasteiger partial charge < -0.3 is 5.32 Å². The Morgan fingerprint density at radius 3 is 3.00 bits per heavy atom. The maximum atomic E-state index is 11.3. The maximum absolute atomic E-state index is 11.3. The van der Waals surface area contributed by atoms with Gasteiger partial charge in [-0.25, -0.2) is 0 Å². The number of hydrogen-bond donors (Lipinski definition) is 1. The Morgan fingerprint density at radius 2 is 2.46 bits per heavy atom. The standard InChI is InChI=1S/C9H13N3O/c13-9(11-8-3-1-4-8)7-12-6-2-5-10-12/h2,5-6,8H,1,3-4,7H2,(H,11,13). The van der Waals surface area contributed by atoms with Crippen molar-refractivity contribution in [3.05, 3.63) is 18.5 Å². The van der Waals surface area contributed by atoms with Crippen LogP contribution in [0.15, 0.2) is 18.5 Å². The van der Waals surface area contributed by atoms with Crippen LogP contribution < -0.4 is 5.32 Å². The van der Waals surface area contributed by atoms with Gasteiger partial charge in [0.15, 0.2) is 0 Å². The molecule has 0 unspecified atom stereocenters. The van der Waals surface area contributed by atoms with Gasteiger partial charge in [0.2, 0.25) is 5.91 Å². The molecule has 0 aromatic carbocycles. The molecule has 1 saturated carbocycles. The summed E-state index contributed by atoms with van der Waals surface area (Å²) in [6, 6.07) is 2.24. The molecular formula is C9H13N3O. The summed E-state index contributed by atoms with van der Waals surface area (Å²) < 4.78 is 1.63. The molecule has 1 aromatic rings. The number of carbonyl (C=O) groups is 1. The van der Waals surface area contributed by atoms with Gasteiger partial charge in [-0.2, -0.15) is 5.10 Å². The lowest BCUT2D eigenvalue weighted by atomic mass is 9.93.